The van der Waals surface area contributed by atoms with E-state index in [9.17, 15) is 18.0 Å². The molecule has 140 valence electrons. The fourth-order valence-electron chi connectivity index (χ4n) is 2.30. The molecule has 1 aromatic carbocycles. The molecule has 11 heteroatoms. The van der Waals surface area contributed by atoms with Gasteiger partial charge in [-0.15, -0.1) is 0 Å². The average molecular weight is 424 g/mol. The second-order valence-electron chi connectivity index (χ2n) is 5.43. The van der Waals surface area contributed by atoms with Crippen LogP contribution < -0.4 is 5.14 Å². The van der Waals surface area contributed by atoms with Gasteiger partial charge in [-0.25, -0.2) is 13.6 Å². The number of carboxylic acids is 1. The van der Waals surface area contributed by atoms with Crippen LogP contribution in [0.25, 0.3) is 17.4 Å². The molecule has 2 heterocycles. The predicted octanol–water partition coefficient (Wildman–Crippen LogP) is 1.88. The van der Waals surface area contributed by atoms with Crippen LogP contribution in [0.4, 0.5) is 0 Å². The zero-order chi connectivity index (χ0) is 19.8. The standard InChI is InChI=1S/C16H12N2O6S3/c17-27(22,23)11-4-1-9(2-5-11)12-6-3-10(24-12)7-13-15(21)18(8-14(19)20)16(25)26-13/h1-7H,8H2,(H,19,20)(H2,17,22,23)/b13-7+. The number of amides is 1. The van der Waals surface area contributed by atoms with Gasteiger partial charge in [0.1, 0.15) is 22.4 Å². The number of rotatable bonds is 5. The van der Waals surface area contributed by atoms with Crippen LogP contribution in [0.5, 0.6) is 0 Å². The van der Waals surface area contributed by atoms with E-state index in [-0.39, 0.29) is 14.1 Å². The Morgan fingerprint density at radius 2 is 1.93 bits per heavy atom. The molecule has 1 aromatic heterocycles. The van der Waals surface area contributed by atoms with E-state index < -0.39 is 28.4 Å². The summed E-state index contributed by atoms with van der Waals surface area (Å²) in [6.45, 7) is -0.498. The number of primary sulfonamides is 1. The van der Waals surface area contributed by atoms with E-state index >= 15 is 0 Å². The van der Waals surface area contributed by atoms with Gasteiger partial charge in [0.2, 0.25) is 10.0 Å². The fourth-order valence-corrected chi connectivity index (χ4v) is 4.05. The number of furan rings is 1. The van der Waals surface area contributed by atoms with E-state index in [1.165, 1.54) is 18.2 Å². The Balaban J connectivity index is 1.82. The molecule has 1 amide bonds. The van der Waals surface area contributed by atoms with Crippen molar-refractivity contribution in [1.29, 1.82) is 0 Å². The molecule has 0 aliphatic carbocycles. The van der Waals surface area contributed by atoms with Gasteiger partial charge in [-0.3, -0.25) is 14.5 Å². The second-order valence-corrected chi connectivity index (χ2v) is 8.67. The minimum atomic E-state index is -3.78. The van der Waals surface area contributed by atoms with Crippen molar-refractivity contribution in [3.8, 4) is 11.3 Å². The van der Waals surface area contributed by atoms with Gasteiger partial charge >= 0.3 is 5.97 Å². The van der Waals surface area contributed by atoms with Crippen molar-refractivity contribution >= 4 is 56.3 Å². The lowest BCUT2D eigenvalue weighted by Crippen LogP contribution is -2.33. The lowest BCUT2D eigenvalue weighted by atomic mass is 10.2. The van der Waals surface area contributed by atoms with Gasteiger partial charge in [0.15, 0.2) is 0 Å². The molecule has 1 fully saturated rings. The highest BCUT2D eigenvalue weighted by molar-refractivity contribution is 8.26. The Morgan fingerprint density at radius 1 is 1.26 bits per heavy atom. The van der Waals surface area contributed by atoms with Crippen LogP contribution in [-0.4, -0.2) is 41.2 Å². The van der Waals surface area contributed by atoms with Crippen molar-refractivity contribution in [2.45, 2.75) is 4.90 Å². The molecule has 3 rings (SSSR count). The molecular weight excluding hydrogens is 412 g/mol. The van der Waals surface area contributed by atoms with Crippen LogP contribution in [0.3, 0.4) is 0 Å². The highest BCUT2D eigenvalue weighted by atomic mass is 32.2. The number of carboxylic acid groups (broad SMARTS) is 1. The maximum atomic E-state index is 12.2. The normalized spacial score (nSPS) is 16.3. The number of carbonyl (C=O) groups excluding carboxylic acids is 1. The first-order valence-corrected chi connectivity index (χ1v) is 10.1. The number of aliphatic carboxylic acids is 1. The quantitative estimate of drug-likeness (QED) is 0.549. The SMILES string of the molecule is NS(=O)(=O)c1ccc(-c2ccc(/C=C3/SC(=S)N(CC(=O)O)C3=O)o2)cc1. The Labute approximate surface area is 163 Å². The summed E-state index contributed by atoms with van der Waals surface area (Å²) in [6, 6.07) is 9.12. The Bertz CT molecular complexity index is 1070. The molecule has 27 heavy (non-hydrogen) atoms. The largest absolute Gasteiger partial charge is 0.480 e. The number of sulfonamides is 1. The first-order valence-electron chi connectivity index (χ1n) is 7.35. The number of carbonyl (C=O) groups is 2. The van der Waals surface area contributed by atoms with Crippen molar-refractivity contribution in [2.24, 2.45) is 5.14 Å². The van der Waals surface area contributed by atoms with Crippen LogP contribution in [0.2, 0.25) is 0 Å². The summed E-state index contributed by atoms with van der Waals surface area (Å²) in [5.41, 5.74) is 0.625. The highest BCUT2D eigenvalue weighted by Crippen LogP contribution is 2.33. The van der Waals surface area contributed by atoms with Gasteiger partial charge in [-0.2, -0.15) is 0 Å². The maximum absolute atomic E-state index is 12.2. The summed E-state index contributed by atoms with van der Waals surface area (Å²) in [6.07, 6.45) is 1.48. The summed E-state index contributed by atoms with van der Waals surface area (Å²) in [5.74, 6) is -0.821. The van der Waals surface area contributed by atoms with Crippen LogP contribution in [0.1, 0.15) is 5.76 Å². The highest BCUT2D eigenvalue weighted by Gasteiger charge is 2.33. The van der Waals surface area contributed by atoms with E-state index in [0.717, 1.165) is 16.7 Å². The minimum absolute atomic E-state index is 0.0138. The molecule has 0 atom stereocenters. The Hall–Kier alpha value is -2.47. The number of benzene rings is 1. The van der Waals surface area contributed by atoms with Crippen molar-refractivity contribution in [2.75, 3.05) is 6.54 Å². The van der Waals surface area contributed by atoms with Crippen molar-refractivity contribution in [3.05, 3.63) is 47.1 Å². The van der Waals surface area contributed by atoms with E-state index in [2.05, 4.69) is 0 Å². The van der Waals surface area contributed by atoms with Gasteiger partial charge in [-0.1, -0.05) is 24.0 Å². The molecule has 0 bridgehead atoms. The molecule has 1 aliphatic rings. The summed E-state index contributed by atoms with van der Waals surface area (Å²) in [4.78, 5) is 24.3. The number of thiocarbonyl (C=S) groups is 1. The molecule has 0 spiro atoms. The van der Waals surface area contributed by atoms with E-state index in [4.69, 9.17) is 26.9 Å². The number of nitrogens with two attached hydrogens (primary N) is 1. The van der Waals surface area contributed by atoms with Crippen molar-refractivity contribution in [3.63, 3.8) is 0 Å². The van der Waals surface area contributed by atoms with Gasteiger partial charge in [0, 0.05) is 11.6 Å². The van der Waals surface area contributed by atoms with Gasteiger partial charge in [0.05, 0.1) is 9.80 Å². The third-order valence-electron chi connectivity index (χ3n) is 3.53. The monoisotopic (exact) mass is 424 g/mol. The number of hydrogen-bond acceptors (Lipinski definition) is 7. The second kappa shape index (κ2) is 7.27. The van der Waals surface area contributed by atoms with E-state index in [1.54, 1.807) is 24.3 Å². The number of thioether (sulfide) groups is 1. The number of hydrogen-bond donors (Lipinski definition) is 2. The molecule has 3 N–H and O–H groups in total. The summed E-state index contributed by atoms with van der Waals surface area (Å²) < 4.78 is 28.4. The molecule has 8 nitrogen and oxygen atoms in total. The lowest BCUT2D eigenvalue weighted by Gasteiger charge is -2.09. The third-order valence-corrected chi connectivity index (χ3v) is 5.84. The topological polar surface area (TPSA) is 131 Å². The molecule has 0 unspecified atom stereocenters. The predicted molar refractivity (Wildman–Crippen MR) is 103 cm³/mol. The van der Waals surface area contributed by atoms with Crippen molar-refractivity contribution in [1.82, 2.24) is 4.90 Å². The molecule has 0 saturated carbocycles. The maximum Gasteiger partial charge on any atom is 0.323 e. The molecular formula is C16H12N2O6S3. The number of nitrogens with zero attached hydrogens (tertiary/aromatic N) is 1. The first-order chi connectivity index (χ1) is 12.6. The Morgan fingerprint density at radius 3 is 2.52 bits per heavy atom. The first kappa shape index (κ1) is 19.3. The van der Waals surface area contributed by atoms with Crippen LogP contribution in [0.15, 0.2) is 50.6 Å². The molecule has 2 aromatic rings. The molecule has 1 saturated heterocycles. The zero-order valence-electron chi connectivity index (χ0n) is 13.5. The van der Waals surface area contributed by atoms with Gasteiger partial charge in [0.25, 0.3) is 5.91 Å². The summed E-state index contributed by atoms with van der Waals surface area (Å²) >= 11 is 6.02. The smallest absolute Gasteiger partial charge is 0.323 e. The fraction of sp³-hybridized carbons (Fsp3) is 0.0625. The Kier molecular flexibility index (Phi) is 5.20. The third kappa shape index (κ3) is 4.27. The van der Waals surface area contributed by atoms with Crippen molar-refractivity contribution < 1.29 is 27.5 Å². The minimum Gasteiger partial charge on any atom is -0.480 e. The average Bonchev–Trinajstić information content (AvgIpc) is 3.15. The van der Waals surface area contributed by atoms with E-state index in [1.807, 2.05) is 0 Å². The molecule has 0 radical (unpaired) electrons. The van der Waals surface area contributed by atoms with Gasteiger partial charge in [-0.05, 0) is 36.4 Å². The summed E-state index contributed by atoms with van der Waals surface area (Å²) in [7, 11) is -3.78. The summed E-state index contributed by atoms with van der Waals surface area (Å²) in [5, 5.41) is 13.9. The molecule has 1 aliphatic heterocycles. The van der Waals surface area contributed by atoms with Gasteiger partial charge < -0.3 is 9.52 Å². The zero-order valence-corrected chi connectivity index (χ0v) is 15.9. The van der Waals surface area contributed by atoms with Crippen LogP contribution in [-0.2, 0) is 19.6 Å². The van der Waals surface area contributed by atoms with Crippen LogP contribution >= 0.6 is 24.0 Å². The van der Waals surface area contributed by atoms with Crippen LogP contribution in [0, 0.1) is 0 Å². The van der Waals surface area contributed by atoms with E-state index in [0.29, 0.717) is 17.1 Å². The lowest BCUT2D eigenvalue weighted by molar-refractivity contribution is -0.140.